The van der Waals surface area contributed by atoms with Crippen molar-refractivity contribution in [1.29, 1.82) is 0 Å². The first-order valence-corrected chi connectivity index (χ1v) is 7.26. The molecule has 0 fully saturated rings. The standard InChI is InChI=1S/C18H21NO4/c1-12(14-7-5-6-8-15(14)21-2)19-18(20)13-9-10-16(22-3)17(11-13)23-4/h5-12H,1-4H3,(H,19,20)/t12-/m1/s1. The van der Waals surface area contributed by atoms with Crippen molar-refractivity contribution in [2.45, 2.75) is 13.0 Å². The van der Waals surface area contributed by atoms with Crippen LogP contribution in [0.15, 0.2) is 42.5 Å². The van der Waals surface area contributed by atoms with Gasteiger partial charge in [0.15, 0.2) is 11.5 Å². The summed E-state index contributed by atoms with van der Waals surface area (Å²) in [6.07, 6.45) is 0. The summed E-state index contributed by atoms with van der Waals surface area (Å²) >= 11 is 0. The van der Waals surface area contributed by atoms with Crippen molar-refractivity contribution < 1.29 is 19.0 Å². The predicted molar refractivity (Wildman–Crippen MR) is 88.4 cm³/mol. The van der Waals surface area contributed by atoms with Gasteiger partial charge in [0.25, 0.3) is 5.91 Å². The van der Waals surface area contributed by atoms with E-state index in [1.165, 1.54) is 7.11 Å². The molecule has 1 amide bonds. The Morgan fingerprint density at radius 2 is 1.57 bits per heavy atom. The second-order valence-electron chi connectivity index (χ2n) is 5.01. The van der Waals surface area contributed by atoms with Crippen LogP contribution in [0.4, 0.5) is 0 Å². The smallest absolute Gasteiger partial charge is 0.251 e. The minimum atomic E-state index is -0.190. The fraction of sp³-hybridized carbons (Fsp3) is 0.278. The van der Waals surface area contributed by atoms with Crippen LogP contribution in [0.25, 0.3) is 0 Å². The zero-order valence-electron chi connectivity index (χ0n) is 13.8. The van der Waals surface area contributed by atoms with Gasteiger partial charge >= 0.3 is 0 Å². The third kappa shape index (κ3) is 3.74. The van der Waals surface area contributed by atoms with Crippen LogP contribution in [-0.4, -0.2) is 27.2 Å². The second-order valence-corrected chi connectivity index (χ2v) is 5.01. The summed E-state index contributed by atoms with van der Waals surface area (Å²) in [7, 11) is 4.71. The van der Waals surface area contributed by atoms with Gasteiger partial charge in [-0.05, 0) is 31.2 Å². The maximum atomic E-state index is 12.4. The number of carbonyl (C=O) groups is 1. The maximum absolute atomic E-state index is 12.4. The summed E-state index contributed by atoms with van der Waals surface area (Å²) in [6, 6.07) is 12.5. The molecule has 0 aromatic heterocycles. The third-order valence-electron chi connectivity index (χ3n) is 3.60. The van der Waals surface area contributed by atoms with Gasteiger partial charge in [-0.3, -0.25) is 4.79 Å². The lowest BCUT2D eigenvalue weighted by atomic mass is 10.1. The molecule has 0 aliphatic carbocycles. The van der Waals surface area contributed by atoms with Crippen molar-refractivity contribution in [3.63, 3.8) is 0 Å². The Balaban J connectivity index is 2.18. The second kappa shape index (κ2) is 7.54. The quantitative estimate of drug-likeness (QED) is 0.889. The number of ether oxygens (including phenoxy) is 3. The van der Waals surface area contributed by atoms with Gasteiger partial charge in [-0.2, -0.15) is 0 Å². The van der Waals surface area contributed by atoms with E-state index in [4.69, 9.17) is 14.2 Å². The molecule has 0 saturated carbocycles. The van der Waals surface area contributed by atoms with E-state index in [9.17, 15) is 4.79 Å². The molecule has 0 unspecified atom stereocenters. The van der Waals surface area contributed by atoms with Crippen molar-refractivity contribution in [3.05, 3.63) is 53.6 Å². The largest absolute Gasteiger partial charge is 0.496 e. The van der Waals surface area contributed by atoms with E-state index in [1.807, 2.05) is 31.2 Å². The van der Waals surface area contributed by atoms with Gasteiger partial charge in [0, 0.05) is 11.1 Å². The molecule has 23 heavy (non-hydrogen) atoms. The normalized spacial score (nSPS) is 11.5. The summed E-state index contributed by atoms with van der Waals surface area (Å²) in [5.41, 5.74) is 1.42. The number of rotatable bonds is 6. The monoisotopic (exact) mass is 315 g/mol. The lowest BCUT2D eigenvalue weighted by molar-refractivity contribution is 0.0939. The molecule has 2 aromatic rings. The lowest BCUT2D eigenvalue weighted by Crippen LogP contribution is -2.27. The highest BCUT2D eigenvalue weighted by Gasteiger charge is 2.16. The fourth-order valence-electron chi connectivity index (χ4n) is 2.36. The minimum Gasteiger partial charge on any atom is -0.496 e. The summed E-state index contributed by atoms with van der Waals surface area (Å²) in [5, 5.41) is 2.96. The van der Waals surface area contributed by atoms with Crippen molar-refractivity contribution in [2.24, 2.45) is 0 Å². The molecule has 2 rings (SSSR count). The molecule has 0 spiro atoms. The highest BCUT2D eigenvalue weighted by Crippen LogP contribution is 2.28. The number of para-hydroxylation sites is 1. The SMILES string of the molecule is COc1ccc(C(=O)N[C@H](C)c2ccccc2OC)cc1OC. The van der Waals surface area contributed by atoms with Crippen LogP contribution in [0.1, 0.15) is 28.9 Å². The van der Waals surface area contributed by atoms with E-state index in [-0.39, 0.29) is 11.9 Å². The Morgan fingerprint density at radius 3 is 2.22 bits per heavy atom. The molecule has 0 radical (unpaired) electrons. The van der Waals surface area contributed by atoms with E-state index in [0.29, 0.717) is 17.1 Å². The van der Waals surface area contributed by atoms with Crippen molar-refractivity contribution in [2.75, 3.05) is 21.3 Å². The Morgan fingerprint density at radius 1 is 0.913 bits per heavy atom. The molecule has 0 saturated heterocycles. The average Bonchev–Trinajstić information content (AvgIpc) is 2.60. The predicted octanol–water partition coefficient (Wildman–Crippen LogP) is 3.20. The van der Waals surface area contributed by atoms with Gasteiger partial charge in [0.1, 0.15) is 5.75 Å². The van der Waals surface area contributed by atoms with E-state index < -0.39 is 0 Å². The molecule has 0 bridgehead atoms. The highest BCUT2D eigenvalue weighted by atomic mass is 16.5. The van der Waals surface area contributed by atoms with E-state index in [1.54, 1.807) is 32.4 Å². The van der Waals surface area contributed by atoms with Crippen LogP contribution >= 0.6 is 0 Å². The number of carbonyl (C=O) groups excluding carboxylic acids is 1. The Hall–Kier alpha value is -2.69. The maximum Gasteiger partial charge on any atom is 0.251 e. The summed E-state index contributed by atoms with van der Waals surface area (Å²) in [5.74, 6) is 1.66. The molecule has 0 aliphatic rings. The molecule has 0 aliphatic heterocycles. The first-order chi connectivity index (χ1) is 11.1. The molecule has 2 aromatic carbocycles. The number of hydrogen-bond donors (Lipinski definition) is 1. The zero-order valence-corrected chi connectivity index (χ0v) is 13.8. The summed E-state index contributed by atoms with van der Waals surface area (Å²) < 4.78 is 15.7. The van der Waals surface area contributed by atoms with E-state index in [0.717, 1.165) is 11.3 Å². The lowest BCUT2D eigenvalue weighted by Gasteiger charge is -2.17. The molecule has 0 heterocycles. The minimum absolute atomic E-state index is 0.188. The van der Waals surface area contributed by atoms with Gasteiger partial charge in [0.05, 0.1) is 27.4 Å². The number of amides is 1. The van der Waals surface area contributed by atoms with Gasteiger partial charge in [0.2, 0.25) is 0 Å². The van der Waals surface area contributed by atoms with Crippen LogP contribution in [0.3, 0.4) is 0 Å². The zero-order chi connectivity index (χ0) is 16.8. The molecule has 1 N–H and O–H groups in total. The number of hydrogen-bond acceptors (Lipinski definition) is 4. The molecule has 5 heteroatoms. The molecular weight excluding hydrogens is 294 g/mol. The molecule has 5 nitrogen and oxygen atoms in total. The Labute approximate surface area is 136 Å². The number of nitrogens with one attached hydrogen (secondary N) is 1. The van der Waals surface area contributed by atoms with Crippen molar-refractivity contribution in [1.82, 2.24) is 5.32 Å². The average molecular weight is 315 g/mol. The van der Waals surface area contributed by atoms with Crippen LogP contribution in [0.5, 0.6) is 17.2 Å². The summed E-state index contributed by atoms with van der Waals surface area (Å²) in [4.78, 5) is 12.4. The molecular formula is C18H21NO4. The highest BCUT2D eigenvalue weighted by molar-refractivity contribution is 5.95. The number of methoxy groups -OCH3 is 3. The van der Waals surface area contributed by atoms with Crippen LogP contribution < -0.4 is 19.5 Å². The van der Waals surface area contributed by atoms with Gasteiger partial charge in [-0.25, -0.2) is 0 Å². The van der Waals surface area contributed by atoms with Crippen LogP contribution in [0.2, 0.25) is 0 Å². The summed E-state index contributed by atoms with van der Waals surface area (Å²) in [6.45, 7) is 1.91. The van der Waals surface area contributed by atoms with Crippen LogP contribution in [0, 0.1) is 0 Å². The topological polar surface area (TPSA) is 56.8 Å². The van der Waals surface area contributed by atoms with Crippen molar-refractivity contribution >= 4 is 5.91 Å². The Bertz CT molecular complexity index is 684. The van der Waals surface area contributed by atoms with Gasteiger partial charge < -0.3 is 19.5 Å². The number of benzene rings is 2. The molecule has 1 atom stereocenters. The van der Waals surface area contributed by atoms with Crippen molar-refractivity contribution in [3.8, 4) is 17.2 Å². The van der Waals surface area contributed by atoms with E-state index >= 15 is 0 Å². The van der Waals surface area contributed by atoms with Gasteiger partial charge in [-0.1, -0.05) is 18.2 Å². The van der Waals surface area contributed by atoms with Gasteiger partial charge in [-0.15, -0.1) is 0 Å². The fourth-order valence-corrected chi connectivity index (χ4v) is 2.36. The molecule has 122 valence electrons. The first kappa shape index (κ1) is 16.7. The third-order valence-corrected chi connectivity index (χ3v) is 3.60. The first-order valence-electron chi connectivity index (χ1n) is 7.26. The van der Waals surface area contributed by atoms with Crippen LogP contribution in [-0.2, 0) is 0 Å². The van der Waals surface area contributed by atoms with E-state index in [2.05, 4.69) is 5.32 Å². The Kier molecular flexibility index (Phi) is 5.46.